The number of nitrogens with two attached hydrogens (primary N) is 1. The highest BCUT2D eigenvalue weighted by Gasteiger charge is 2.71. The molecule has 0 saturated heterocycles. The maximum absolute atomic E-state index is 14.7. The van der Waals surface area contributed by atoms with Crippen LogP contribution in [0.1, 0.15) is 30.2 Å². The number of hydrogen-bond donors (Lipinski definition) is 2. The Morgan fingerprint density at radius 3 is 2.83 bits per heavy atom. The minimum atomic E-state index is -1.17. The number of carboxylic acid groups (broad SMARTS) is 1. The van der Waals surface area contributed by atoms with Crippen molar-refractivity contribution < 1.29 is 18.7 Å². The molecule has 2 heterocycles. The lowest BCUT2D eigenvalue weighted by Gasteiger charge is -2.33. The lowest BCUT2D eigenvalue weighted by molar-refractivity contribution is -0.137. The predicted octanol–water partition coefficient (Wildman–Crippen LogP) is 3.86. The van der Waals surface area contributed by atoms with E-state index in [4.69, 9.17) is 17.3 Å². The first-order chi connectivity index (χ1) is 13.7. The van der Waals surface area contributed by atoms with E-state index in [2.05, 4.69) is 15.0 Å². The van der Waals surface area contributed by atoms with Crippen LogP contribution in [-0.2, 0) is 10.3 Å². The van der Waals surface area contributed by atoms with Gasteiger partial charge in [0.1, 0.15) is 21.4 Å². The van der Waals surface area contributed by atoms with Gasteiger partial charge in [-0.3, -0.25) is 9.79 Å². The highest BCUT2D eigenvalue weighted by molar-refractivity contribution is 8.15. The van der Waals surface area contributed by atoms with Crippen molar-refractivity contribution in [2.45, 2.75) is 23.6 Å². The van der Waals surface area contributed by atoms with E-state index in [1.165, 1.54) is 36.7 Å². The standard InChI is InChI=1S/C19H15ClF2N4O2S/c1-18(14-6-19(14,16(27)28)29-17(23)26-18)10-4-9(2-3-11(10)21)5-12(22)13-7-25-15(20)8-24-13/h2-5,7-8,14H,6H2,1H3,(H2,23,26)(H,27,28)/b12-5-. The number of nitrogens with zero attached hydrogens (tertiary/aromatic N) is 3. The van der Waals surface area contributed by atoms with Crippen molar-refractivity contribution in [1.82, 2.24) is 9.97 Å². The first-order valence-electron chi connectivity index (χ1n) is 8.58. The molecule has 4 rings (SSSR count). The Kier molecular flexibility index (Phi) is 4.62. The van der Waals surface area contributed by atoms with Crippen molar-refractivity contribution in [2.75, 3.05) is 0 Å². The Morgan fingerprint density at radius 2 is 2.17 bits per heavy atom. The highest BCUT2D eigenvalue weighted by atomic mass is 35.5. The Morgan fingerprint density at radius 1 is 1.41 bits per heavy atom. The first kappa shape index (κ1) is 19.8. The minimum absolute atomic E-state index is 0.0186. The van der Waals surface area contributed by atoms with Gasteiger partial charge < -0.3 is 10.8 Å². The molecule has 6 nitrogen and oxygen atoms in total. The summed E-state index contributed by atoms with van der Waals surface area (Å²) in [5.74, 6) is -2.66. The lowest BCUT2D eigenvalue weighted by atomic mass is 9.85. The van der Waals surface area contributed by atoms with Gasteiger partial charge in [-0.1, -0.05) is 29.4 Å². The van der Waals surface area contributed by atoms with Crippen molar-refractivity contribution in [3.63, 3.8) is 0 Å². The Labute approximate surface area is 173 Å². The number of amidine groups is 1. The fourth-order valence-electron chi connectivity index (χ4n) is 3.73. The van der Waals surface area contributed by atoms with Crippen molar-refractivity contribution in [2.24, 2.45) is 16.6 Å². The zero-order valence-electron chi connectivity index (χ0n) is 15.1. The summed E-state index contributed by atoms with van der Waals surface area (Å²) >= 11 is 6.65. The number of fused-ring (bicyclic) bond motifs is 1. The monoisotopic (exact) mass is 436 g/mol. The smallest absolute Gasteiger partial charge is 0.320 e. The van der Waals surface area contributed by atoms with Crippen LogP contribution in [0, 0.1) is 11.7 Å². The van der Waals surface area contributed by atoms with E-state index in [0.717, 1.165) is 11.8 Å². The molecule has 2 aromatic rings. The van der Waals surface area contributed by atoms with Crippen LogP contribution >= 0.6 is 23.4 Å². The van der Waals surface area contributed by atoms with Crippen molar-refractivity contribution in [1.29, 1.82) is 0 Å². The van der Waals surface area contributed by atoms with Crippen LogP contribution < -0.4 is 5.73 Å². The molecule has 1 aromatic carbocycles. The summed E-state index contributed by atoms with van der Waals surface area (Å²) < 4.78 is 28.2. The molecule has 0 bridgehead atoms. The highest BCUT2D eigenvalue weighted by Crippen LogP contribution is 2.66. The Bertz CT molecular complexity index is 1080. The van der Waals surface area contributed by atoms with Crippen LogP contribution in [-0.4, -0.2) is 31.0 Å². The summed E-state index contributed by atoms with van der Waals surface area (Å²) in [5.41, 5.74) is 5.22. The third-order valence-corrected chi connectivity index (χ3v) is 6.76. The molecular formula is C19H15ClF2N4O2S. The maximum Gasteiger partial charge on any atom is 0.320 e. The van der Waals surface area contributed by atoms with Crippen molar-refractivity contribution >= 4 is 46.4 Å². The van der Waals surface area contributed by atoms with Gasteiger partial charge in [0.25, 0.3) is 0 Å². The molecule has 0 spiro atoms. The fraction of sp³-hybridized carbons (Fsp3) is 0.263. The van der Waals surface area contributed by atoms with Crippen LogP contribution in [0.15, 0.2) is 35.6 Å². The van der Waals surface area contributed by atoms with Crippen LogP contribution in [0.4, 0.5) is 8.78 Å². The van der Waals surface area contributed by atoms with Gasteiger partial charge in [0.05, 0.1) is 17.9 Å². The topological polar surface area (TPSA) is 101 Å². The summed E-state index contributed by atoms with van der Waals surface area (Å²) in [6, 6.07) is 4.06. The van der Waals surface area contributed by atoms with E-state index < -0.39 is 33.8 Å². The number of thioether (sulfide) groups is 1. The zero-order valence-corrected chi connectivity index (χ0v) is 16.6. The molecule has 3 atom stereocenters. The summed E-state index contributed by atoms with van der Waals surface area (Å²) in [5, 5.41) is 9.84. The van der Waals surface area contributed by atoms with Crippen LogP contribution in [0.25, 0.3) is 11.9 Å². The zero-order chi connectivity index (χ0) is 21.0. The quantitative estimate of drug-likeness (QED) is 0.754. The molecule has 10 heteroatoms. The summed E-state index contributed by atoms with van der Waals surface area (Å²) in [7, 11) is 0. The summed E-state index contributed by atoms with van der Waals surface area (Å²) in [6.45, 7) is 1.65. The molecule has 1 aliphatic heterocycles. The summed E-state index contributed by atoms with van der Waals surface area (Å²) in [4.78, 5) is 23.8. The van der Waals surface area contributed by atoms with Gasteiger partial charge in [0.2, 0.25) is 0 Å². The van der Waals surface area contributed by atoms with Crippen LogP contribution in [0.3, 0.4) is 0 Å². The number of hydrogen-bond acceptors (Lipinski definition) is 6. The number of aromatic nitrogens is 2. The predicted molar refractivity (Wildman–Crippen MR) is 107 cm³/mol. The van der Waals surface area contributed by atoms with E-state index in [0.29, 0.717) is 12.0 Å². The summed E-state index contributed by atoms with van der Waals surface area (Å²) in [6.07, 6.45) is 3.92. The molecule has 1 fully saturated rings. The molecule has 0 amide bonds. The molecule has 3 unspecified atom stereocenters. The molecule has 0 radical (unpaired) electrons. The third kappa shape index (κ3) is 3.28. The largest absolute Gasteiger partial charge is 0.480 e. The number of benzene rings is 1. The molecule has 3 N–H and O–H groups in total. The van der Waals surface area contributed by atoms with Crippen LogP contribution in [0.5, 0.6) is 0 Å². The van der Waals surface area contributed by atoms with Crippen molar-refractivity contribution in [3.8, 4) is 0 Å². The Balaban J connectivity index is 1.74. The van der Waals surface area contributed by atoms with Gasteiger partial charge in [0.15, 0.2) is 11.0 Å². The number of rotatable bonds is 4. The SMILES string of the molecule is CC1(c2cc(/C=C(\F)c3cnc(Cl)cn3)ccc2F)N=C(N)SC2(C(=O)O)CC21. The lowest BCUT2D eigenvalue weighted by Crippen LogP contribution is -2.39. The second-order valence-electron chi connectivity index (χ2n) is 7.11. The number of halogens is 3. The van der Waals surface area contributed by atoms with Gasteiger partial charge in [-0.15, -0.1) is 0 Å². The van der Waals surface area contributed by atoms with E-state index >= 15 is 0 Å². The van der Waals surface area contributed by atoms with Gasteiger partial charge in [-0.2, -0.15) is 0 Å². The van der Waals surface area contributed by atoms with E-state index in [1.807, 2.05) is 0 Å². The first-order valence-corrected chi connectivity index (χ1v) is 9.78. The second kappa shape index (κ2) is 6.77. The van der Waals surface area contributed by atoms with E-state index in [9.17, 15) is 18.7 Å². The number of carbonyl (C=O) groups is 1. The van der Waals surface area contributed by atoms with Crippen molar-refractivity contribution in [3.05, 3.63) is 58.4 Å². The van der Waals surface area contributed by atoms with E-state index in [1.54, 1.807) is 6.92 Å². The molecule has 1 aliphatic carbocycles. The average molecular weight is 437 g/mol. The van der Waals surface area contributed by atoms with Gasteiger partial charge >= 0.3 is 5.97 Å². The fourth-order valence-corrected chi connectivity index (χ4v) is 5.15. The molecule has 150 valence electrons. The second-order valence-corrected chi connectivity index (χ2v) is 8.85. The maximum atomic E-state index is 14.7. The Hall–Kier alpha value is -2.52. The molecule has 29 heavy (non-hydrogen) atoms. The number of carboxylic acids is 1. The van der Waals surface area contributed by atoms with Gasteiger partial charge in [0, 0.05) is 11.5 Å². The minimum Gasteiger partial charge on any atom is -0.480 e. The molecule has 1 aromatic heterocycles. The number of aliphatic imine (C=N–C) groups is 1. The van der Waals surface area contributed by atoms with Gasteiger partial charge in [-0.25, -0.2) is 18.7 Å². The molecular weight excluding hydrogens is 422 g/mol. The van der Waals surface area contributed by atoms with Crippen LogP contribution in [0.2, 0.25) is 5.15 Å². The normalized spacial score (nSPS) is 28.5. The van der Waals surface area contributed by atoms with Gasteiger partial charge in [-0.05, 0) is 37.1 Å². The third-order valence-electron chi connectivity index (χ3n) is 5.27. The number of aliphatic carboxylic acids is 1. The molecule has 2 aliphatic rings. The molecule has 1 saturated carbocycles. The van der Waals surface area contributed by atoms with E-state index in [-0.39, 0.29) is 21.6 Å². The average Bonchev–Trinajstić information content (AvgIpc) is 3.40.